The highest BCUT2D eigenvalue weighted by Gasteiger charge is 2.16. The lowest BCUT2D eigenvalue weighted by molar-refractivity contribution is 0.0936. The van der Waals surface area contributed by atoms with Crippen LogP contribution >= 0.6 is 15.9 Å². The van der Waals surface area contributed by atoms with Gasteiger partial charge in [-0.3, -0.25) is 4.79 Å². The van der Waals surface area contributed by atoms with Crippen molar-refractivity contribution in [2.75, 3.05) is 5.73 Å². The summed E-state index contributed by atoms with van der Waals surface area (Å²) in [4.78, 5) is 12.2. The van der Waals surface area contributed by atoms with Crippen LogP contribution < -0.4 is 11.1 Å². The number of rotatable bonds is 3. The van der Waals surface area contributed by atoms with Gasteiger partial charge in [0.1, 0.15) is 11.5 Å². The van der Waals surface area contributed by atoms with Gasteiger partial charge in [-0.15, -0.1) is 0 Å². The number of anilines is 1. The minimum absolute atomic E-state index is 0.209. The molecule has 1 amide bonds. The van der Waals surface area contributed by atoms with Crippen molar-refractivity contribution in [1.29, 1.82) is 0 Å². The Hall–Kier alpha value is -1.75. The molecule has 5 heteroatoms. The number of aryl methyl sites for hydroxylation is 1. The van der Waals surface area contributed by atoms with Gasteiger partial charge in [-0.1, -0.05) is 15.9 Å². The second kappa shape index (κ2) is 5.48. The second-order valence-electron chi connectivity index (χ2n) is 4.38. The van der Waals surface area contributed by atoms with E-state index in [2.05, 4.69) is 21.2 Å². The van der Waals surface area contributed by atoms with Gasteiger partial charge < -0.3 is 15.5 Å². The molecular weight excluding hydrogens is 308 g/mol. The highest BCUT2D eigenvalue weighted by Crippen LogP contribution is 2.20. The number of nitrogens with one attached hydrogen (secondary N) is 1. The Morgan fingerprint density at radius 1 is 1.37 bits per heavy atom. The summed E-state index contributed by atoms with van der Waals surface area (Å²) in [7, 11) is 0. The van der Waals surface area contributed by atoms with Gasteiger partial charge in [-0.25, -0.2) is 0 Å². The van der Waals surface area contributed by atoms with E-state index in [1.54, 1.807) is 18.2 Å². The topological polar surface area (TPSA) is 68.3 Å². The Morgan fingerprint density at radius 2 is 2.11 bits per heavy atom. The van der Waals surface area contributed by atoms with Gasteiger partial charge in [-0.2, -0.15) is 0 Å². The number of hydrogen-bond acceptors (Lipinski definition) is 3. The molecule has 0 radical (unpaired) electrons. The molecule has 1 unspecified atom stereocenters. The minimum atomic E-state index is -0.222. The molecule has 0 aliphatic rings. The van der Waals surface area contributed by atoms with Crippen LogP contribution in [0, 0.1) is 6.92 Å². The van der Waals surface area contributed by atoms with Crippen molar-refractivity contribution >= 4 is 27.5 Å². The van der Waals surface area contributed by atoms with E-state index >= 15 is 0 Å². The van der Waals surface area contributed by atoms with E-state index in [-0.39, 0.29) is 11.9 Å². The van der Waals surface area contributed by atoms with Crippen LogP contribution in [0.2, 0.25) is 0 Å². The fourth-order valence-electron chi connectivity index (χ4n) is 1.76. The summed E-state index contributed by atoms with van der Waals surface area (Å²) >= 11 is 3.33. The SMILES string of the molecule is Cc1ccc(C(C)NC(=O)c2cc(Br)ccc2N)o1. The summed E-state index contributed by atoms with van der Waals surface area (Å²) in [5, 5.41) is 2.86. The van der Waals surface area contributed by atoms with Crippen LogP contribution in [-0.4, -0.2) is 5.91 Å². The van der Waals surface area contributed by atoms with E-state index in [0.717, 1.165) is 16.0 Å². The quantitative estimate of drug-likeness (QED) is 0.851. The number of furan rings is 1. The predicted octanol–water partition coefficient (Wildman–Crippen LogP) is 3.42. The minimum Gasteiger partial charge on any atom is -0.464 e. The molecule has 0 aliphatic carbocycles. The first-order chi connectivity index (χ1) is 8.97. The lowest BCUT2D eigenvalue weighted by Crippen LogP contribution is -2.27. The van der Waals surface area contributed by atoms with Crippen LogP contribution in [0.25, 0.3) is 0 Å². The first kappa shape index (κ1) is 13.7. The van der Waals surface area contributed by atoms with Gasteiger partial charge in [0.2, 0.25) is 0 Å². The molecule has 1 aromatic carbocycles. The number of nitrogens with two attached hydrogens (primary N) is 1. The van der Waals surface area contributed by atoms with Crippen LogP contribution in [0.15, 0.2) is 39.2 Å². The van der Waals surface area contributed by atoms with E-state index in [0.29, 0.717) is 11.3 Å². The average molecular weight is 323 g/mol. The Labute approximate surface area is 120 Å². The molecule has 2 aromatic rings. The maximum absolute atomic E-state index is 12.2. The molecular formula is C14H15BrN2O2. The molecule has 1 atom stereocenters. The number of carbonyl (C=O) groups is 1. The fourth-order valence-corrected chi connectivity index (χ4v) is 2.12. The zero-order valence-corrected chi connectivity index (χ0v) is 12.3. The summed E-state index contributed by atoms with van der Waals surface area (Å²) in [6.45, 7) is 3.73. The van der Waals surface area contributed by atoms with Crippen LogP contribution in [0.1, 0.15) is 34.8 Å². The van der Waals surface area contributed by atoms with E-state index in [9.17, 15) is 4.79 Å². The lowest BCUT2D eigenvalue weighted by Gasteiger charge is -2.13. The molecule has 0 fully saturated rings. The number of amides is 1. The Bertz CT molecular complexity index is 607. The van der Waals surface area contributed by atoms with Gasteiger partial charge in [0.05, 0.1) is 11.6 Å². The van der Waals surface area contributed by atoms with E-state index in [1.807, 2.05) is 26.0 Å². The van der Waals surface area contributed by atoms with Crippen molar-refractivity contribution in [2.24, 2.45) is 0 Å². The molecule has 3 N–H and O–H groups in total. The van der Waals surface area contributed by atoms with Crippen LogP contribution in [-0.2, 0) is 0 Å². The molecule has 2 rings (SSSR count). The van der Waals surface area contributed by atoms with Gasteiger partial charge in [0.25, 0.3) is 5.91 Å². The molecule has 1 aromatic heterocycles. The number of hydrogen-bond donors (Lipinski definition) is 2. The molecule has 19 heavy (non-hydrogen) atoms. The van der Waals surface area contributed by atoms with Gasteiger partial charge in [0.15, 0.2) is 0 Å². The number of benzene rings is 1. The van der Waals surface area contributed by atoms with E-state index in [4.69, 9.17) is 10.2 Å². The van der Waals surface area contributed by atoms with Crippen molar-refractivity contribution in [3.05, 3.63) is 51.9 Å². The third-order valence-corrected chi connectivity index (χ3v) is 3.29. The van der Waals surface area contributed by atoms with Crippen LogP contribution in [0.4, 0.5) is 5.69 Å². The molecule has 4 nitrogen and oxygen atoms in total. The molecule has 0 bridgehead atoms. The molecule has 100 valence electrons. The fraction of sp³-hybridized carbons (Fsp3) is 0.214. The maximum Gasteiger partial charge on any atom is 0.253 e. The summed E-state index contributed by atoms with van der Waals surface area (Å²) in [6.07, 6.45) is 0. The normalized spacial score (nSPS) is 12.2. The van der Waals surface area contributed by atoms with Crippen molar-refractivity contribution in [3.63, 3.8) is 0 Å². The summed E-state index contributed by atoms with van der Waals surface area (Å²) < 4.78 is 6.29. The van der Waals surface area contributed by atoms with E-state index < -0.39 is 0 Å². The molecule has 0 saturated heterocycles. The summed E-state index contributed by atoms with van der Waals surface area (Å²) in [5.41, 5.74) is 6.70. The Morgan fingerprint density at radius 3 is 2.74 bits per heavy atom. The first-order valence-corrected chi connectivity index (χ1v) is 6.69. The standard InChI is InChI=1S/C14H15BrN2O2/c1-8-3-6-13(19-8)9(2)17-14(18)11-7-10(15)4-5-12(11)16/h3-7,9H,16H2,1-2H3,(H,17,18). The molecule has 0 spiro atoms. The maximum atomic E-state index is 12.2. The molecule has 1 heterocycles. The zero-order chi connectivity index (χ0) is 14.0. The summed E-state index contributed by atoms with van der Waals surface area (Å²) in [5.74, 6) is 1.32. The van der Waals surface area contributed by atoms with Gasteiger partial charge in [-0.05, 0) is 44.2 Å². The summed E-state index contributed by atoms with van der Waals surface area (Å²) in [6, 6.07) is 8.70. The van der Waals surface area contributed by atoms with E-state index in [1.165, 1.54) is 0 Å². The third kappa shape index (κ3) is 3.17. The predicted molar refractivity (Wildman–Crippen MR) is 77.9 cm³/mol. The first-order valence-electron chi connectivity index (χ1n) is 5.89. The van der Waals surface area contributed by atoms with Crippen molar-refractivity contribution in [2.45, 2.75) is 19.9 Å². The lowest BCUT2D eigenvalue weighted by atomic mass is 10.1. The second-order valence-corrected chi connectivity index (χ2v) is 5.29. The third-order valence-electron chi connectivity index (χ3n) is 2.80. The van der Waals surface area contributed by atoms with Gasteiger partial charge >= 0.3 is 0 Å². The Balaban J connectivity index is 2.15. The van der Waals surface area contributed by atoms with Gasteiger partial charge in [0, 0.05) is 10.2 Å². The monoisotopic (exact) mass is 322 g/mol. The number of carbonyl (C=O) groups excluding carboxylic acids is 1. The number of nitrogen functional groups attached to an aromatic ring is 1. The zero-order valence-electron chi connectivity index (χ0n) is 10.7. The largest absolute Gasteiger partial charge is 0.464 e. The van der Waals surface area contributed by atoms with Crippen molar-refractivity contribution in [1.82, 2.24) is 5.32 Å². The average Bonchev–Trinajstić information content (AvgIpc) is 2.79. The number of halogens is 1. The highest BCUT2D eigenvalue weighted by atomic mass is 79.9. The molecule has 0 saturated carbocycles. The van der Waals surface area contributed by atoms with Crippen LogP contribution in [0.5, 0.6) is 0 Å². The molecule has 0 aliphatic heterocycles. The van der Waals surface area contributed by atoms with Crippen molar-refractivity contribution in [3.8, 4) is 0 Å². The van der Waals surface area contributed by atoms with Crippen molar-refractivity contribution < 1.29 is 9.21 Å². The highest BCUT2D eigenvalue weighted by molar-refractivity contribution is 9.10. The smallest absolute Gasteiger partial charge is 0.253 e. The van der Waals surface area contributed by atoms with Crippen LogP contribution in [0.3, 0.4) is 0 Å². The Kier molecular flexibility index (Phi) is 3.95.